The van der Waals surface area contributed by atoms with Crippen molar-refractivity contribution in [3.05, 3.63) is 41.2 Å². The first-order valence-corrected chi connectivity index (χ1v) is 8.10. The second-order valence-electron chi connectivity index (χ2n) is 4.96. The molecule has 0 amide bonds. The van der Waals surface area contributed by atoms with Gasteiger partial charge in [0.25, 0.3) is 0 Å². The second kappa shape index (κ2) is 5.20. The van der Waals surface area contributed by atoms with Crippen LogP contribution in [0.25, 0.3) is 5.69 Å². The number of aromatic carboxylic acids is 1. The Morgan fingerprint density at radius 1 is 1.32 bits per heavy atom. The van der Waals surface area contributed by atoms with Gasteiger partial charge in [-0.3, -0.25) is 0 Å². The zero-order chi connectivity index (χ0) is 15.9. The average Bonchev–Trinajstić information content (AvgIpc) is 2.86. The number of benzene rings is 1. The maximum absolute atomic E-state index is 11.3. The van der Waals surface area contributed by atoms with Gasteiger partial charge in [0, 0.05) is 25.1 Å². The maximum atomic E-state index is 11.3. The number of carbonyl (C=O) groups is 1. The van der Waals surface area contributed by atoms with Crippen LogP contribution in [-0.2, 0) is 23.0 Å². The fraction of sp³-hybridized carbons (Fsp3) is 0.231. The molecule has 1 aliphatic rings. The molecular weight excluding hydrogens is 308 g/mol. The fourth-order valence-corrected chi connectivity index (χ4v) is 3.03. The molecular formula is C13H14N4O4S. The van der Waals surface area contributed by atoms with E-state index in [1.807, 2.05) is 0 Å². The molecule has 22 heavy (non-hydrogen) atoms. The summed E-state index contributed by atoms with van der Waals surface area (Å²) in [5, 5.41) is 21.6. The van der Waals surface area contributed by atoms with E-state index in [0.717, 1.165) is 12.2 Å². The molecule has 9 heteroatoms. The van der Waals surface area contributed by atoms with E-state index in [4.69, 9.17) is 5.14 Å². The number of primary sulfonamides is 1. The highest BCUT2D eigenvalue weighted by molar-refractivity contribution is 7.89. The lowest BCUT2D eigenvalue weighted by atomic mass is 10.1. The summed E-state index contributed by atoms with van der Waals surface area (Å²) < 4.78 is 24.1. The summed E-state index contributed by atoms with van der Waals surface area (Å²) in [4.78, 5) is 11.3. The molecule has 1 aromatic heterocycles. The summed E-state index contributed by atoms with van der Waals surface area (Å²) >= 11 is 0. The van der Waals surface area contributed by atoms with Crippen molar-refractivity contribution >= 4 is 16.0 Å². The molecule has 0 fully saturated rings. The monoisotopic (exact) mass is 322 g/mol. The lowest BCUT2D eigenvalue weighted by Crippen LogP contribution is -2.25. The second-order valence-corrected chi connectivity index (χ2v) is 6.52. The number of nitrogens with two attached hydrogens (primary N) is 1. The van der Waals surface area contributed by atoms with Crippen molar-refractivity contribution in [3.63, 3.8) is 0 Å². The minimum atomic E-state index is -3.76. The molecule has 3 rings (SSSR count). The van der Waals surface area contributed by atoms with Crippen LogP contribution in [0.2, 0.25) is 0 Å². The first-order valence-electron chi connectivity index (χ1n) is 6.56. The predicted molar refractivity (Wildman–Crippen MR) is 77.3 cm³/mol. The van der Waals surface area contributed by atoms with Crippen LogP contribution in [0.5, 0.6) is 0 Å². The highest BCUT2D eigenvalue weighted by atomic mass is 32.2. The Labute approximate surface area is 126 Å². The molecule has 1 aliphatic heterocycles. The van der Waals surface area contributed by atoms with E-state index in [0.29, 0.717) is 24.2 Å². The molecule has 4 N–H and O–H groups in total. The van der Waals surface area contributed by atoms with Gasteiger partial charge in [-0.25, -0.2) is 23.0 Å². The van der Waals surface area contributed by atoms with Crippen LogP contribution in [0.4, 0.5) is 0 Å². The van der Waals surface area contributed by atoms with Gasteiger partial charge in [0.15, 0.2) is 5.69 Å². The van der Waals surface area contributed by atoms with Crippen LogP contribution in [0, 0.1) is 0 Å². The van der Waals surface area contributed by atoms with E-state index in [-0.39, 0.29) is 10.6 Å². The van der Waals surface area contributed by atoms with Crippen LogP contribution in [0.1, 0.15) is 21.7 Å². The van der Waals surface area contributed by atoms with Gasteiger partial charge in [-0.1, -0.05) is 0 Å². The summed E-state index contributed by atoms with van der Waals surface area (Å²) in [5.74, 6) is -1.08. The van der Waals surface area contributed by atoms with Crippen LogP contribution >= 0.6 is 0 Å². The summed E-state index contributed by atoms with van der Waals surface area (Å²) in [6.45, 7) is 1.18. The molecule has 1 aromatic carbocycles. The van der Waals surface area contributed by atoms with Crippen LogP contribution < -0.4 is 10.5 Å². The van der Waals surface area contributed by atoms with Crippen molar-refractivity contribution in [1.29, 1.82) is 0 Å². The quantitative estimate of drug-likeness (QED) is 0.722. The maximum Gasteiger partial charge on any atom is 0.356 e. The minimum Gasteiger partial charge on any atom is -0.476 e. The fourth-order valence-electron chi connectivity index (χ4n) is 2.51. The number of nitrogens with one attached hydrogen (secondary N) is 1. The number of hydrogen-bond acceptors (Lipinski definition) is 5. The number of nitrogens with zero attached hydrogens (tertiary/aromatic N) is 2. The summed E-state index contributed by atoms with van der Waals surface area (Å²) in [6, 6.07) is 5.86. The number of fused-ring (bicyclic) bond motifs is 1. The Morgan fingerprint density at radius 2 is 2.00 bits per heavy atom. The Morgan fingerprint density at radius 3 is 2.59 bits per heavy atom. The van der Waals surface area contributed by atoms with Crippen molar-refractivity contribution in [2.45, 2.75) is 17.9 Å². The van der Waals surface area contributed by atoms with Crippen LogP contribution in [-0.4, -0.2) is 35.8 Å². The number of aromatic nitrogens is 2. The molecule has 0 saturated carbocycles. The molecule has 116 valence electrons. The molecule has 0 unspecified atom stereocenters. The van der Waals surface area contributed by atoms with E-state index in [9.17, 15) is 18.3 Å². The number of carboxylic acids is 1. The summed E-state index contributed by atoms with van der Waals surface area (Å²) in [6.07, 6.45) is 0.645. The van der Waals surface area contributed by atoms with Crippen LogP contribution in [0.15, 0.2) is 29.2 Å². The topological polar surface area (TPSA) is 127 Å². The van der Waals surface area contributed by atoms with Crippen molar-refractivity contribution < 1.29 is 18.3 Å². The zero-order valence-corrected chi connectivity index (χ0v) is 12.3. The Kier molecular flexibility index (Phi) is 3.47. The third-order valence-corrected chi connectivity index (χ3v) is 4.47. The normalized spacial score (nSPS) is 14.6. The van der Waals surface area contributed by atoms with Gasteiger partial charge in [-0.15, -0.1) is 0 Å². The smallest absolute Gasteiger partial charge is 0.356 e. The van der Waals surface area contributed by atoms with E-state index < -0.39 is 16.0 Å². The minimum absolute atomic E-state index is 0.00241. The van der Waals surface area contributed by atoms with Gasteiger partial charge in [0.05, 0.1) is 16.3 Å². The highest BCUT2D eigenvalue weighted by Crippen LogP contribution is 2.23. The predicted octanol–water partition coefficient (Wildman–Crippen LogP) is -0.136. The summed E-state index contributed by atoms with van der Waals surface area (Å²) in [7, 11) is -3.76. The van der Waals surface area contributed by atoms with E-state index in [1.54, 1.807) is 16.8 Å². The number of rotatable bonds is 3. The van der Waals surface area contributed by atoms with E-state index in [1.165, 1.54) is 12.1 Å². The van der Waals surface area contributed by atoms with E-state index in [2.05, 4.69) is 10.4 Å². The molecule has 0 bridgehead atoms. The first kappa shape index (κ1) is 14.7. The number of sulfonamides is 1. The molecule has 0 atom stereocenters. The molecule has 0 radical (unpaired) electrons. The van der Waals surface area contributed by atoms with Crippen molar-refractivity contribution in [3.8, 4) is 5.69 Å². The molecule has 2 aromatic rings. The van der Waals surface area contributed by atoms with Gasteiger partial charge < -0.3 is 10.4 Å². The van der Waals surface area contributed by atoms with Gasteiger partial charge in [0.2, 0.25) is 10.0 Å². The lowest BCUT2D eigenvalue weighted by molar-refractivity contribution is 0.0688. The van der Waals surface area contributed by atoms with Gasteiger partial charge in [-0.05, 0) is 24.3 Å². The Balaban J connectivity index is 2.10. The largest absolute Gasteiger partial charge is 0.476 e. The molecule has 2 heterocycles. The molecule has 0 spiro atoms. The highest BCUT2D eigenvalue weighted by Gasteiger charge is 2.25. The van der Waals surface area contributed by atoms with Gasteiger partial charge in [-0.2, -0.15) is 5.10 Å². The third kappa shape index (κ3) is 2.49. The standard InChI is InChI=1S/C13H14N4O4S/c14-22(20,21)9-3-1-8(2-4-9)17-11-5-6-15-7-10(11)12(16-17)13(18)19/h1-4,15H,5-7H2,(H,18,19)(H2,14,20,21). The van der Waals surface area contributed by atoms with Gasteiger partial charge in [0.1, 0.15) is 0 Å². The van der Waals surface area contributed by atoms with Crippen molar-refractivity contribution in [1.82, 2.24) is 15.1 Å². The third-order valence-electron chi connectivity index (χ3n) is 3.54. The zero-order valence-electron chi connectivity index (χ0n) is 11.5. The van der Waals surface area contributed by atoms with Crippen LogP contribution in [0.3, 0.4) is 0 Å². The molecule has 0 aliphatic carbocycles. The Hall–Kier alpha value is -2.23. The SMILES string of the molecule is NS(=O)(=O)c1ccc(-n2nc(C(=O)O)c3c2CCNC3)cc1. The average molecular weight is 322 g/mol. The first-order chi connectivity index (χ1) is 10.4. The van der Waals surface area contributed by atoms with Gasteiger partial charge >= 0.3 is 5.97 Å². The Bertz CT molecular complexity index is 840. The number of hydrogen-bond donors (Lipinski definition) is 3. The molecule has 0 saturated heterocycles. The lowest BCUT2D eigenvalue weighted by Gasteiger charge is -2.15. The van der Waals surface area contributed by atoms with Crippen molar-refractivity contribution in [2.24, 2.45) is 5.14 Å². The van der Waals surface area contributed by atoms with E-state index >= 15 is 0 Å². The number of carboxylic acid groups (broad SMARTS) is 1. The molecule has 8 nitrogen and oxygen atoms in total. The summed E-state index contributed by atoms with van der Waals surface area (Å²) in [5.41, 5.74) is 2.09. The van der Waals surface area contributed by atoms with Crippen molar-refractivity contribution in [2.75, 3.05) is 6.54 Å².